The molecule has 4 rings (SSSR count). The summed E-state index contributed by atoms with van der Waals surface area (Å²) >= 11 is 0. The van der Waals surface area contributed by atoms with Crippen LogP contribution in [-0.4, -0.2) is 28.2 Å². The Labute approximate surface area is 147 Å². The van der Waals surface area contributed by atoms with E-state index < -0.39 is 23.3 Å². The topological polar surface area (TPSA) is 96.1 Å². The van der Waals surface area contributed by atoms with E-state index in [1.54, 1.807) is 36.4 Å². The Morgan fingerprint density at radius 1 is 0.885 bits per heavy atom. The van der Waals surface area contributed by atoms with Gasteiger partial charge >= 0.3 is 0 Å². The van der Waals surface area contributed by atoms with E-state index >= 15 is 0 Å². The standard InChI is InChI=1S/C20H12N2O4/c23-17-9-16(18(24)13-7-2-1-6-12(13)17)22-20(26)19(25)14-10-21-15-8-4-3-5-11(14)15/h1-10,21H,(H,22,26). The second-order valence-corrected chi connectivity index (χ2v) is 5.83. The van der Waals surface area contributed by atoms with Gasteiger partial charge in [-0.3, -0.25) is 19.2 Å². The van der Waals surface area contributed by atoms with Gasteiger partial charge in [0.15, 0.2) is 5.78 Å². The first-order valence-electron chi connectivity index (χ1n) is 7.88. The monoisotopic (exact) mass is 344 g/mol. The van der Waals surface area contributed by atoms with E-state index in [-0.39, 0.29) is 22.4 Å². The van der Waals surface area contributed by atoms with Crippen molar-refractivity contribution in [1.29, 1.82) is 0 Å². The van der Waals surface area contributed by atoms with Crippen LogP contribution in [0.1, 0.15) is 31.1 Å². The Kier molecular flexibility index (Phi) is 3.58. The molecule has 1 aliphatic carbocycles. The highest BCUT2D eigenvalue weighted by atomic mass is 16.2. The molecule has 6 nitrogen and oxygen atoms in total. The Bertz CT molecular complexity index is 1140. The highest BCUT2D eigenvalue weighted by molar-refractivity contribution is 6.46. The lowest BCUT2D eigenvalue weighted by Crippen LogP contribution is -2.35. The van der Waals surface area contributed by atoms with E-state index in [1.165, 1.54) is 12.3 Å². The van der Waals surface area contributed by atoms with Crippen LogP contribution in [0, 0.1) is 0 Å². The predicted octanol–water partition coefficient (Wildman–Crippen LogP) is 2.43. The highest BCUT2D eigenvalue weighted by Gasteiger charge is 2.28. The first-order valence-corrected chi connectivity index (χ1v) is 7.88. The van der Waals surface area contributed by atoms with Gasteiger partial charge in [0.25, 0.3) is 11.7 Å². The van der Waals surface area contributed by atoms with Gasteiger partial charge in [-0.1, -0.05) is 42.5 Å². The molecule has 2 aromatic carbocycles. The summed E-state index contributed by atoms with van der Waals surface area (Å²) in [4.78, 5) is 52.3. The van der Waals surface area contributed by atoms with Crippen LogP contribution in [0.2, 0.25) is 0 Å². The Morgan fingerprint density at radius 2 is 1.58 bits per heavy atom. The van der Waals surface area contributed by atoms with Gasteiger partial charge in [-0.05, 0) is 6.07 Å². The maximum absolute atomic E-state index is 12.5. The van der Waals surface area contributed by atoms with Crippen molar-refractivity contribution in [2.75, 3.05) is 0 Å². The first kappa shape index (κ1) is 15.7. The summed E-state index contributed by atoms with van der Waals surface area (Å²) in [6.45, 7) is 0. The number of rotatable bonds is 3. The van der Waals surface area contributed by atoms with Crippen LogP contribution in [0.3, 0.4) is 0 Å². The molecule has 0 spiro atoms. The van der Waals surface area contributed by atoms with Gasteiger partial charge in [0.1, 0.15) is 0 Å². The summed E-state index contributed by atoms with van der Waals surface area (Å²) in [5.74, 6) is -2.65. The molecule has 1 heterocycles. The van der Waals surface area contributed by atoms with Gasteiger partial charge in [-0.2, -0.15) is 0 Å². The quantitative estimate of drug-likeness (QED) is 0.563. The molecule has 0 atom stereocenters. The fourth-order valence-electron chi connectivity index (χ4n) is 2.97. The van der Waals surface area contributed by atoms with E-state index in [0.717, 1.165) is 11.6 Å². The third kappa shape index (κ3) is 2.44. The summed E-state index contributed by atoms with van der Waals surface area (Å²) in [5.41, 5.74) is 1.20. The number of allylic oxidation sites excluding steroid dienone is 2. The molecule has 26 heavy (non-hydrogen) atoms. The van der Waals surface area contributed by atoms with E-state index in [0.29, 0.717) is 5.39 Å². The minimum atomic E-state index is -0.971. The number of hydrogen-bond donors (Lipinski definition) is 2. The van der Waals surface area contributed by atoms with Crippen molar-refractivity contribution < 1.29 is 19.2 Å². The van der Waals surface area contributed by atoms with Crippen molar-refractivity contribution in [3.05, 3.63) is 83.2 Å². The zero-order valence-corrected chi connectivity index (χ0v) is 13.4. The lowest BCUT2D eigenvalue weighted by atomic mass is 9.92. The number of Topliss-reactive ketones (excluding diaryl/α,β-unsaturated/α-hetero) is 2. The largest absolute Gasteiger partial charge is 0.360 e. The van der Waals surface area contributed by atoms with Gasteiger partial charge in [-0.25, -0.2) is 0 Å². The molecule has 0 radical (unpaired) electrons. The summed E-state index contributed by atoms with van der Waals surface area (Å²) < 4.78 is 0. The van der Waals surface area contributed by atoms with Gasteiger partial charge in [0, 0.05) is 34.3 Å². The summed E-state index contributed by atoms with van der Waals surface area (Å²) in [6.07, 6.45) is 2.50. The molecule has 0 aliphatic heterocycles. The van der Waals surface area contributed by atoms with E-state index in [2.05, 4.69) is 10.3 Å². The average molecular weight is 344 g/mol. The molecule has 1 aliphatic rings. The van der Waals surface area contributed by atoms with E-state index in [4.69, 9.17) is 0 Å². The minimum Gasteiger partial charge on any atom is -0.360 e. The van der Waals surface area contributed by atoms with Gasteiger partial charge in [0.2, 0.25) is 5.78 Å². The van der Waals surface area contributed by atoms with Crippen LogP contribution in [0.5, 0.6) is 0 Å². The molecule has 0 bridgehead atoms. The first-order chi connectivity index (χ1) is 12.6. The SMILES string of the molecule is O=C(NC1=CC(=O)c2ccccc2C1=O)C(=O)c1c[nH]c2ccccc12. The predicted molar refractivity (Wildman–Crippen MR) is 94.0 cm³/mol. The molecule has 0 saturated carbocycles. The molecule has 2 N–H and O–H groups in total. The smallest absolute Gasteiger partial charge is 0.296 e. The molecule has 0 saturated heterocycles. The maximum atomic E-state index is 12.5. The summed E-state index contributed by atoms with van der Waals surface area (Å²) in [6, 6.07) is 13.4. The van der Waals surface area contributed by atoms with Crippen molar-refractivity contribution in [3.63, 3.8) is 0 Å². The number of benzene rings is 2. The molecule has 1 aromatic heterocycles. The fourth-order valence-corrected chi connectivity index (χ4v) is 2.97. The zero-order valence-electron chi connectivity index (χ0n) is 13.4. The molecular formula is C20H12N2O4. The number of hydrogen-bond acceptors (Lipinski definition) is 4. The number of H-pyrrole nitrogens is 1. The van der Waals surface area contributed by atoms with Crippen molar-refractivity contribution in [3.8, 4) is 0 Å². The summed E-state index contributed by atoms with van der Waals surface area (Å²) in [5, 5.41) is 2.89. The molecule has 3 aromatic rings. The molecule has 1 amide bonds. The number of aromatic nitrogens is 1. The minimum absolute atomic E-state index is 0.202. The van der Waals surface area contributed by atoms with Crippen LogP contribution in [-0.2, 0) is 4.79 Å². The van der Waals surface area contributed by atoms with Crippen LogP contribution >= 0.6 is 0 Å². The van der Waals surface area contributed by atoms with Crippen molar-refractivity contribution in [2.24, 2.45) is 0 Å². The average Bonchev–Trinajstić information content (AvgIpc) is 3.09. The molecular weight excluding hydrogens is 332 g/mol. The highest BCUT2D eigenvalue weighted by Crippen LogP contribution is 2.21. The lowest BCUT2D eigenvalue weighted by Gasteiger charge is -2.15. The van der Waals surface area contributed by atoms with E-state index in [9.17, 15) is 19.2 Å². The molecule has 0 fully saturated rings. The third-order valence-electron chi connectivity index (χ3n) is 4.25. The number of carbonyl (C=O) groups is 4. The lowest BCUT2D eigenvalue weighted by molar-refractivity contribution is -0.116. The molecule has 0 unspecified atom stereocenters. The number of fused-ring (bicyclic) bond motifs is 2. The Morgan fingerprint density at radius 3 is 2.38 bits per heavy atom. The van der Waals surface area contributed by atoms with Crippen LogP contribution in [0.15, 0.2) is 66.5 Å². The second kappa shape index (κ2) is 5.93. The Hall–Kier alpha value is -3.80. The number of amides is 1. The van der Waals surface area contributed by atoms with Crippen molar-refractivity contribution in [1.82, 2.24) is 10.3 Å². The third-order valence-corrected chi connectivity index (χ3v) is 4.25. The maximum Gasteiger partial charge on any atom is 0.296 e. The van der Waals surface area contributed by atoms with Crippen LogP contribution in [0.4, 0.5) is 0 Å². The van der Waals surface area contributed by atoms with E-state index in [1.807, 2.05) is 6.07 Å². The number of nitrogens with one attached hydrogen (secondary N) is 2. The second-order valence-electron chi connectivity index (χ2n) is 5.83. The van der Waals surface area contributed by atoms with Gasteiger partial charge in [-0.15, -0.1) is 0 Å². The number of carbonyl (C=O) groups excluding carboxylic acids is 4. The summed E-state index contributed by atoms with van der Waals surface area (Å²) in [7, 11) is 0. The zero-order chi connectivity index (χ0) is 18.3. The normalized spacial score (nSPS) is 13.3. The van der Waals surface area contributed by atoms with Crippen LogP contribution < -0.4 is 5.32 Å². The fraction of sp³-hybridized carbons (Fsp3) is 0. The van der Waals surface area contributed by atoms with Crippen molar-refractivity contribution in [2.45, 2.75) is 0 Å². The van der Waals surface area contributed by atoms with Gasteiger partial charge in [0.05, 0.1) is 11.3 Å². The molecule has 6 heteroatoms. The number of para-hydroxylation sites is 1. The van der Waals surface area contributed by atoms with Crippen LogP contribution in [0.25, 0.3) is 10.9 Å². The Balaban J connectivity index is 1.62. The number of ketones is 3. The molecule has 126 valence electrons. The number of aromatic amines is 1. The van der Waals surface area contributed by atoms with Gasteiger partial charge < -0.3 is 10.3 Å². The van der Waals surface area contributed by atoms with Crippen molar-refractivity contribution >= 4 is 34.2 Å².